The van der Waals surface area contributed by atoms with Crippen LogP contribution in [0.1, 0.15) is 11.4 Å². The number of nitriles is 1. The lowest BCUT2D eigenvalue weighted by Crippen LogP contribution is -2.00. The van der Waals surface area contributed by atoms with Crippen molar-refractivity contribution in [3.63, 3.8) is 0 Å². The number of pyridine rings is 1. The molecule has 0 atom stereocenters. The first kappa shape index (κ1) is 7.99. The normalized spacial score (nSPS) is 9.18. The highest BCUT2D eigenvalue weighted by Crippen LogP contribution is 2.10. The second-order valence-corrected chi connectivity index (χ2v) is 2.41. The first-order valence-electron chi connectivity index (χ1n) is 3.03. The molecule has 0 aliphatic rings. The highest BCUT2D eigenvalue weighted by atomic mass is 35.5. The highest BCUT2D eigenvalue weighted by Gasteiger charge is 1.97. The summed E-state index contributed by atoms with van der Waals surface area (Å²) in [4.78, 5) is 3.90. The quantitative estimate of drug-likeness (QED) is 0.681. The highest BCUT2D eigenvalue weighted by molar-refractivity contribution is 6.30. The number of nitrogens with two attached hydrogens (primary N) is 1. The molecule has 3 nitrogen and oxygen atoms in total. The minimum atomic E-state index is 0.301. The second-order valence-electron chi connectivity index (χ2n) is 1.98. The molecule has 56 valence electrons. The van der Waals surface area contributed by atoms with Crippen LogP contribution in [-0.4, -0.2) is 4.98 Å². The maximum atomic E-state index is 8.47. The third-order valence-corrected chi connectivity index (χ3v) is 1.39. The molecular formula is C7H6ClN3. The number of hydrogen-bond acceptors (Lipinski definition) is 3. The van der Waals surface area contributed by atoms with Gasteiger partial charge >= 0.3 is 0 Å². The zero-order valence-electron chi connectivity index (χ0n) is 5.71. The predicted octanol–water partition coefficient (Wildman–Crippen LogP) is 1.07. The maximum absolute atomic E-state index is 8.47. The number of aromatic nitrogens is 1. The number of halogens is 1. The molecule has 0 unspecified atom stereocenters. The van der Waals surface area contributed by atoms with E-state index in [1.54, 1.807) is 6.07 Å². The van der Waals surface area contributed by atoms with Crippen molar-refractivity contribution in [2.24, 2.45) is 5.73 Å². The van der Waals surface area contributed by atoms with E-state index in [-0.39, 0.29) is 0 Å². The molecule has 2 N–H and O–H groups in total. The zero-order chi connectivity index (χ0) is 8.27. The molecule has 1 rings (SSSR count). The Labute approximate surface area is 69.4 Å². The van der Waals surface area contributed by atoms with E-state index in [1.807, 2.05) is 6.07 Å². The lowest BCUT2D eigenvalue weighted by Gasteiger charge is -1.96. The van der Waals surface area contributed by atoms with Crippen LogP contribution in [-0.2, 0) is 6.54 Å². The molecule has 0 saturated carbocycles. The maximum Gasteiger partial charge on any atom is 0.142 e. The minimum absolute atomic E-state index is 0.301. The molecule has 0 saturated heterocycles. The number of rotatable bonds is 1. The SMILES string of the molecule is N#Cc1cc(Cl)cc(CN)n1. The third-order valence-electron chi connectivity index (χ3n) is 1.17. The largest absolute Gasteiger partial charge is 0.325 e. The molecule has 0 bridgehead atoms. The van der Waals surface area contributed by atoms with E-state index in [1.165, 1.54) is 6.07 Å². The van der Waals surface area contributed by atoms with Crippen LogP contribution >= 0.6 is 11.6 Å². The molecular weight excluding hydrogens is 162 g/mol. The van der Waals surface area contributed by atoms with Gasteiger partial charge in [-0.25, -0.2) is 4.98 Å². The van der Waals surface area contributed by atoms with E-state index in [0.29, 0.717) is 23.0 Å². The Hall–Kier alpha value is -1.11. The summed E-state index contributed by atoms with van der Waals surface area (Å²) in [5.74, 6) is 0. The first-order valence-corrected chi connectivity index (χ1v) is 3.40. The van der Waals surface area contributed by atoms with Gasteiger partial charge in [-0.3, -0.25) is 0 Å². The Bertz CT molecular complexity index is 303. The van der Waals surface area contributed by atoms with E-state index in [0.717, 1.165) is 0 Å². The van der Waals surface area contributed by atoms with Crippen molar-refractivity contribution in [3.05, 3.63) is 28.5 Å². The van der Waals surface area contributed by atoms with Crippen molar-refractivity contribution in [2.75, 3.05) is 0 Å². The summed E-state index contributed by atoms with van der Waals surface area (Å²) in [5.41, 5.74) is 6.25. The van der Waals surface area contributed by atoms with Crippen LogP contribution in [0.2, 0.25) is 5.02 Å². The summed E-state index contributed by atoms with van der Waals surface area (Å²) in [5, 5.41) is 8.97. The Kier molecular flexibility index (Phi) is 2.42. The summed E-state index contributed by atoms with van der Waals surface area (Å²) < 4.78 is 0. The Morgan fingerprint density at radius 1 is 1.64 bits per heavy atom. The van der Waals surface area contributed by atoms with Crippen LogP contribution in [0.15, 0.2) is 12.1 Å². The van der Waals surface area contributed by atoms with Gasteiger partial charge in [-0.1, -0.05) is 11.6 Å². The van der Waals surface area contributed by atoms with Crippen LogP contribution in [0, 0.1) is 11.3 Å². The van der Waals surface area contributed by atoms with Gasteiger partial charge in [-0.05, 0) is 12.1 Å². The van der Waals surface area contributed by atoms with Crippen LogP contribution in [0.5, 0.6) is 0 Å². The summed E-state index contributed by atoms with van der Waals surface area (Å²) in [7, 11) is 0. The molecule has 0 fully saturated rings. The Balaban J connectivity index is 3.15. The average molecular weight is 168 g/mol. The molecule has 0 aromatic carbocycles. The van der Waals surface area contributed by atoms with Gasteiger partial charge in [-0.15, -0.1) is 0 Å². The predicted molar refractivity (Wildman–Crippen MR) is 41.9 cm³/mol. The molecule has 1 heterocycles. The van der Waals surface area contributed by atoms with Crippen molar-refractivity contribution in [1.29, 1.82) is 5.26 Å². The molecule has 11 heavy (non-hydrogen) atoms. The fraction of sp³-hybridized carbons (Fsp3) is 0.143. The number of nitrogens with zero attached hydrogens (tertiary/aromatic N) is 2. The van der Waals surface area contributed by atoms with Gasteiger partial charge in [0, 0.05) is 11.6 Å². The summed E-state index contributed by atoms with van der Waals surface area (Å²) in [6.07, 6.45) is 0. The lowest BCUT2D eigenvalue weighted by atomic mass is 10.3. The standard InChI is InChI=1S/C7H6ClN3/c8-5-1-6(3-9)11-7(2-5)4-10/h1-2H,3,9H2. The fourth-order valence-corrected chi connectivity index (χ4v) is 0.942. The summed E-state index contributed by atoms with van der Waals surface area (Å²) in [6.45, 7) is 0.301. The molecule has 1 aromatic rings. The van der Waals surface area contributed by atoms with Gasteiger partial charge < -0.3 is 5.73 Å². The monoisotopic (exact) mass is 167 g/mol. The van der Waals surface area contributed by atoms with Gasteiger partial charge in [0.25, 0.3) is 0 Å². The van der Waals surface area contributed by atoms with E-state index in [2.05, 4.69) is 4.98 Å². The zero-order valence-corrected chi connectivity index (χ0v) is 6.47. The first-order chi connectivity index (χ1) is 5.26. The van der Waals surface area contributed by atoms with Crippen molar-refractivity contribution in [1.82, 2.24) is 4.98 Å². The molecule has 0 radical (unpaired) electrons. The van der Waals surface area contributed by atoms with Crippen molar-refractivity contribution in [2.45, 2.75) is 6.54 Å². The average Bonchev–Trinajstić information content (AvgIpc) is 2.03. The van der Waals surface area contributed by atoms with Gasteiger partial charge in [0.15, 0.2) is 0 Å². The lowest BCUT2D eigenvalue weighted by molar-refractivity contribution is 0.982. The fourth-order valence-electron chi connectivity index (χ4n) is 0.713. The second kappa shape index (κ2) is 3.33. The molecule has 0 spiro atoms. The van der Waals surface area contributed by atoms with Gasteiger partial charge in [0.1, 0.15) is 11.8 Å². The Morgan fingerprint density at radius 2 is 2.36 bits per heavy atom. The van der Waals surface area contributed by atoms with Gasteiger partial charge in [-0.2, -0.15) is 5.26 Å². The van der Waals surface area contributed by atoms with Crippen LogP contribution in [0.25, 0.3) is 0 Å². The molecule has 1 aromatic heterocycles. The van der Waals surface area contributed by atoms with Crippen LogP contribution in [0.3, 0.4) is 0 Å². The summed E-state index contributed by atoms with van der Waals surface area (Å²) >= 11 is 5.66. The molecule has 0 amide bonds. The minimum Gasteiger partial charge on any atom is -0.325 e. The van der Waals surface area contributed by atoms with Gasteiger partial charge in [0.2, 0.25) is 0 Å². The molecule has 0 aliphatic heterocycles. The van der Waals surface area contributed by atoms with Crippen molar-refractivity contribution >= 4 is 11.6 Å². The van der Waals surface area contributed by atoms with E-state index in [4.69, 9.17) is 22.6 Å². The van der Waals surface area contributed by atoms with Crippen LogP contribution < -0.4 is 5.73 Å². The Morgan fingerprint density at radius 3 is 2.91 bits per heavy atom. The topological polar surface area (TPSA) is 62.7 Å². The number of hydrogen-bond donors (Lipinski definition) is 1. The van der Waals surface area contributed by atoms with Crippen molar-refractivity contribution < 1.29 is 0 Å². The van der Waals surface area contributed by atoms with Gasteiger partial charge in [0.05, 0.1) is 5.69 Å². The smallest absolute Gasteiger partial charge is 0.142 e. The van der Waals surface area contributed by atoms with Crippen molar-refractivity contribution in [3.8, 4) is 6.07 Å². The van der Waals surface area contributed by atoms with E-state index in [9.17, 15) is 0 Å². The third kappa shape index (κ3) is 1.90. The summed E-state index contributed by atoms with van der Waals surface area (Å²) in [6, 6.07) is 5.03. The molecule has 4 heteroatoms. The molecule has 0 aliphatic carbocycles. The van der Waals surface area contributed by atoms with E-state index < -0.39 is 0 Å². The van der Waals surface area contributed by atoms with Crippen LogP contribution in [0.4, 0.5) is 0 Å². The van der Waals surface area contributed by atoms with E-state index >= 15 is 0 Å².